The Morgan fingerprint density at radius 1 is 1.08 bits per heavy atom. The van der Waals surface area contributed by atoms with Crippen molar-refractivity contribution in [1.29, 1.82) is 0 Å². The van der Waals surface area contributed by atoms with E-state index in [2.05, 4.69) is 10.3 Å². The molecule has 128 valence electrons. The van der Waals surface area contributed by atoms with Crippen molar-refractivity contribution < 1.29 is 23.1 Å². The molecule has 3 rings (SSSR count). The lowest BCUT2D eigenvalue weighted by atomic mass is 10.1. The molecule has 5 nitrogen and oxygen atoms in total. The van der Waals surface area contributed by atoms with Gasteiger partial charge in [0.15, 0.2) is 0 Å². The van der Waals surface area contributed by atoms with Gasteiger partial charge in [0.2, 0.25) is 0 Å². The van der Waals surface area contributed by atoms with Crippen LogP contribution in [0.15, 0.2) is 42.5 Å². The number of H-pyrrole nitrogens is 1. The summed E-state index contributed by atoms with van der Waals surface area (Å²) in [7, 11) is 0. The van der Waals surface area contributed by atoms with Crippen LogP contribution in [0.4, 0.5) is 14.5 Å². The summed E-state index contributed by atoms with van der Waals surface area (Å²) in [4.78, 5) is 27.4. The average molecular weight is 344 g/mol. The van der Waals surface area contributed by atoms with Gasteiger partial charge in [0.05, 0.1) is 12.3 Å². The second kappa shape index (κ2) is 6.72. The first kappa shape index (κ1) is 16.6. The molecule has 0 bridgehead atoms. The topological polar surface area (TPSA) is 71.2 Å². The highest BCUT2D eigenvalue weighted by Crippen LogP contribution is 2.29. The number of benzene rings is 2. The minimum atomic E-state index is -0.673. The first-order valence-corrected chi connectivity index (χ1v) is 7.55. The van der Waals surface area contributed by atoms with Crippen molar-refractivity contribution in [3.05, 3.63) is 65.4 Å². The molecule has 2 aromatic carbocycles. The van der Waals surface area contributed by atoms with Crippen molar-refractivity contribution in [2.45, 2.75) is 6.92 Å². The number of aromatic nitrogens is 1. The van der Waals surface area contributed by atoms with Crippen molar-refractivity contribution in [2.24, 2.45) is 0 Å². The number of amides is 1. The number of carbonyl (C=O) groups is 2. The summed E-state index contributed by atoms with van der Waals surface area (Å²) >= 11 is 0. The van der Waals surface area contributed by atoms with E-state index in [4.69, 9.17) is 4.74 Å². The Kier molecular flexibility index (Phi) is 4.47. The zero-order chi connectivity index (χ0) is 18.0. The predicted molar refractivity (Wildman–Crippen MR) is 88.6 cm³/mol. The van der Waals surface area contributed by atoms with Gasteiger partial charge >= 0.3 is 5.97 Å². The Morgan fingerprint density at radius 3 is 2.44 bits per heavy atom. The monoisotopic (exact) mass is 344 g/mol. The first-order chi connectivity index (χ1) is 12.0. The van der Waals surface area contributed by atoms with Gasteiger partial charge in [-0.15, -0.1) is 0 Å². The number of aromatic amines is 1. The van der Waals surface area contributed by atoms with E-state index in [1.54, 1.807) is 6.92 Å². The fraction of sp³-hybridized carbons (Fsp3) is 0.111. The van der Waals surface area contributed by atoms with Gasteiger partial charge in [-0.05, 0) is 49.4 Å². The van der Waals surface area contributed by atoms with Crippen LogP contribution in [0, 0.1) is 11.6 Å². The first-order valence-electron chi connectivity index (χ1n) is 7.55. The summed E-state index contributed by atoms with van der Waals surface area (Å²) in [6.07, 6.45) is 0. The van der Waals surface area contributed by atoms with E-state index in [1.807, 2.05) is 0 Å². The molecule has 0 aliphatic carbocycles. The standard InChI is InChI=1S/C18H14F2N2O3/c1-2-25-18(24)16-15(13-9-12(20)7-8-14(13)21-16)22-17(23)10-3-5-11(19)6-4-10/h3-9,21H,2H2,1H3,(H,22,23). The minimum absolute atomic E-state index is 0.0120. The average Bonchev–Trinajstić information content (AvgIpc) is 2.93. The third-order valence-electron chi connectivity index (χ3n) is 3.59. The van der Waals surface area contributed by atoms with E-state index in [-0.39, 0.29) is 23.6 Å². The van der Waals surface area contributed by atoms with Gasteiger partial charge in [-0.1, -0.05) is 0 Å². The molecule has 0 saturated heterocycles. The number of anilines is 1. The molecule has 2 N–H and O–H groups in total. The maximum Gasteiger partial charge on any atom is 0.356 e. The number of rotatable bonds is 4. The Labute approximate surface area is 141 Å². The fourth-order valence-electron chi connectivity index (χ4n) is 2.44. The van der Waals surface area contributed by atoms with Gasteiger partial charge < -0.3 is 15.0 Å². The molecule has 0 spiro atoms. The summed E-state index contributed by atoms with van der Waals surface area (Å²) in [6.45, 7) is 1.80. The zero-order valence-corrected chi connectivity index (χ0v) is 13.2. The van der Waals surface area contributed by atoms with Crippen LogP contribution in [0.5, 0.6) is 0 Å². The normalized spacial score (nSPS) is 10.7. The molecule has 0 aliphatic rings. The number of halogens is 2. The molecule has 7 heteroatoms. The van der Waals surface area contributed by atoms with Crippen LogP contribution in [0.2, 0.25) is 0 Å². The van der Waals surface area contributed by atoms with Gasteiger partial charge in [-0.25, -0.2) is 13.6 Å². The summed E-state index contributed by atoms with van der Waals surface area (Å²) in [5.74, 6) is -2.22. The molecular formula is C18H14F2N2O3. The number of ether oxygens (including phenoxy) is 1. The molecule has 0 radical (unpaired) electrons. The maximum atomic E-state index is 13.6. The van der Waals surface area contributed by atoms with E-state index in [0.717, 1.165) is 12.1 Å². The van der Waals surface area contributed by atoms with Crippen molar-refractivity contribution in [3.8, 4) is 0 Å². The number of carbonyl (C=O) groups excluding carboxylic acids is 2. The Bertz CT molecular complexity index is 949. The third kappa shape index (κ3) is 3.35. The highest BCUT2D eigenvalue weighted by atomic mass is 19.1. The summed E-state index contributed by atoms with van der Waals surface area (Å²) in [6, 6.07) is 8.81. The molecule has 3 aromatic rings. The largest absolute Gasteiger partial charge is 0.461 e. The van der Waals surface area contributed by atoms with E-state index in [0.29, 0.717) is 10.9 Å². The molecule has 0 aliphatic heterocycles. The number of hydrogen-bond acceptors (Lipinski definition) is 3. The molecule has 0 atom stereocenters. The van der Waals surface area contributed by atoms with E-state index >= 15 is 0 Å². The molecule has 25 heavy (non-hydrogen) atoms. The van der Waals surface area contributed by atoms with Crippen LogP contribution in [0.1, 0.15) is 27.8 Å². The van der Waals surface area contributed by atoms with Crippen LogP contribution in [0.25, 0.3) is 10.9 Å². The molecule has 0 fully saturated rings. The number of esters is 1. The molecule has 1 aromatic heterocycles. The quantitative estimate of drug-likeness (QED) is 0.706. The van der Waals surface area contributed by atoms with Crippen LogP contribution in [-0.4, -0.2) is 23.5 Å². The van der Waals surface area contributed by atoms with Crippen LogP contribution in [0.3, 0.4) is 0 Å². The third-order valence-corrected chi connectivity index (χ3v) is 3.59. The van der Waals surface area contributed by atoms with Gasteiger partial charge in [0.1, 0.15) is 17.3 Å². The fourth-order valence-corrected chi connectivity index (χ4v) is 2.44. The smallest absolute Gasteiger partial charge is 0.356 e. The number of fused-ring (bicyclic) bond motifs is 1. The number of hydrogen-bond donors (Lipinski definition) is 2. The van der Waals surface area contributed by atoms with Gasteiger partial charge in [-0.3, -0.25) is 4.79 Å². The van der Waals surface area contributed by atoms with Crippen molar-refractivity contribution in [3.63, 3.8) is 0 Å². The summed E-state index contributed by atoms with van der Waals surface area (Å²) < 4.78 is 31.6. The minimum Gasteiger partial charge on any atom is -0.461 e. The lowest BCUT2D eigenvalue weighted by molar-refractivity contribution is 0.0522. The molecular weight excluding hydrogens is 330 g/mol. The van der Waals surface area contributed by atoms with Gasteiger partial charge in [-0.2, -0.15) is 0 Å². The Morgan fingerprint density at radius 2 is 1.76 bits per heavy atom. The molecule has 1 amide bonds. The maximum absolute atomic E-state index is 13.6. The van der Waals surface area contributed by atoms with E-state index < -0.39 is 23.5 Å². The van der Waals surface area contributed by atoms with Crippen molar-refractivity contribution >= 4 is 28.5 Å². The zero-order valence-electron chi connectivity index (χ0n) is 13.2. The van der Waals surface area contributed by atoms with E-state index in [1.165, 1.54) is 30.3 Å². The lowest BCUT2D eigenvalue weighted by Crippen LogP contribution is -2.15. The summed E-state index contributed by atoms with van der Waals surface area (Å²) in [5.41, 5.74) is 0.793. The second-order valence-electron chi connectivity index (χ2n) is 5.25. The Hall–Kier alpha value is -3.22. The van der Waals surface area contributed by atoms with Gasteiger partial charge in [0, 0.05) is 16.5 Å². The number of nitrogens with one attached hydrogen (secondary N) is 2. The highest BCUT2D eigenvalue weighted by molar-refractivity contribution is 6.14. The lowest BCUT2D eigenvalue weighted by Gasteiger charge is -2.07. The second-order valence-corrected chi connectivity index (χ2v) is 5.25. The molecule has 0 saturated carbocycles. The highest BCUT2D eigenvalue weighted by Gasteiger charge is 2.21. The van der Waals surface area contributed by atoms with Crippen LogP contribution < -0.4 is 5.32 Å². The van der Waals surface area contributed by atoms with Gasteiger partial charge in [0.25, 0.3) is 5.91 Å². The van der Waals surface area contributed by atoms with Crippen LogP contribution in [-0.2, 0) is 4.74 Å². The predicted octanol–water partition coefficient (Wildman–Crippen LogP) is 3.88. The molecule has 0 unspecified atom stereocenters. The summed E-state index contributed by atoms with van der Waals surface area (Å²) in [5, 5.41) is 2.91. The van der Waals surface area contributed by atoms with E-state index in [9.17, 15) is 18.4 Å². The molecule has 1 heterocycles. The van der Waals surface area contributed by atoms with Crippen LogP contribution >= 0.6 is 0 Å². The van der Waals surface area contributed by atoms with Crippen molar-refractivity contribution in [1.82, 2.24) is 4.98 Å². The SMILES string of the molecule is CCOC(=O)c1[nH]c2ccc(F)cc2c1NC(=O)c1ccc(F)cc1. The Balaban J connectivity index is 2.04. The van der Waals surface area contributed by atoms with Crippen molar-refractivity contribution in [2.75, 3.05) is 11.9 Å².